The Labute approximate surface area is 114 Å². The van der Waals surface area contributed by atoms with Crippen molar-refractivity contribution in [1.82, 2.24) is 9.88 Å². The maximum absolute atomic E-state index is 5.86. The molecule has 1 aromatic heterocycles. The van der Waals surface area contributed by atoms with Crippen molar-refractivity contribution in [1.29, 1.82) is 0 Å². The van der Waals surface area contributed by atoms with Gasteiger partial charge in [0.1, 0.15) is 11.1 Å². The highest BCUT2D eigenvalue weighted by atomic mass is 32.1. The molecular formula is C13H21N3OS. The largest absolute Gasteiger partial charge is 0.473 e. The molecule has 0 bridgehead atoms. The molecule has 1 rings (SSSR count). The van der Waals surface area contributed by atoms with Crippen LogP contribution in [0.3, 0.4) is 0 Å². The van der Waals surface area contributed by atoms with Crippen molar-refractivity contribution in [3.05, 3.63) is 22.9 Å². The Morgan fingerprint density at radius 3 is 2.61 bits per heavy atom. The molecule has 0 aliphatic heterocycles. The average Bonchev–Trinajstić information content (AvgIpc) is 2.12. The lowest BCUT2D eigenvalue weighted by atomic mass is 10.1. The first-order chi connectivity index (χ1) is 8.31. The Hall–Kier alpha value is -1.20. The third kappa shape index (κ3) is 3.92. The smallest absolute Gasteiger partial charge is 0.224 e. The van der Waals surface area contributed by atoms with E-state index in [9.17, 15) is 0 Å². The summed E-state index contributed by atoms with van der Waals surface area (Å²) in [6.45, 7) is 6.71. The third-order valence-electron chi connectivity index (χ3n) is 2.49. The minimum absolute atomic E-state index is 0.0294. The number of aromatic nitrogens is 1. The molecule has 1 unspecified atom stereocenters. The number of pyridine rings is 1. The fourth-order valence-corrected chi connectivity index (χ4v) is 2.18. The van der Waals surface area contributed by atoms with Gasteiger partial charge < -0.3 is 15.4 Å². The number of nitrogens with two attached hydrogens (primary N) is 1. The van der Waals surface area contributed by atoms with Crippen molar-refractivity contribution < 1.29 is 4.74 Å². The first kappa shape index (κ1) is 14.9. The molecule has 1 atom stereocenters. The highest BCUT2D eigenvalue weighted by Crippen LogP contribution is 2.22. The van der Waals surface area contributed by atoms with Crippen LogP contribution in [0.1, 0.15) is 23.7 Å². The van der Waals surface area contributed by atoms with Crippen molar-refractivity contribution in [2.75, 3.05) is 20.6 Å². The molecule has 0 aliphatic carbocycles. The average molecular weight is 267 g/mol. The van der Waals surface area contributed by atoms with Gasteiger partial charge >= 0.3 is 0 Å². The van der Waals surface area contributed by atoms with Gasteiger partial charge in [-0.1, -0.05) is 12.2 Å². The molecule has 2 N–H and O–H groups in total. The summed E-state index contributed by atoms with van der Waals surface area (Å²) in [6.07, 6.45) is 0.0294. The number of thiocarbonyl (C=S) groups is 1. The maximum atomic E-state index is 5.86. The topological polar surface area (TPSA) is 51.4 Å². The number of hydrogen-bond acceptors (Lipinski definition) is 4. The normalized spacial score (nSPS) is 12.6. The zero-order chi connectivity index (χ0) is 13.9. The monoisotopic (exact) mass is 267 g/mol. The SMILES string of the molecule is Cc1cc(C)c(C(N)=S)c(OC(C)CN(C)C)n1. The molecule has 18 heavy (non-hydrogen) atoms. The standard InChI is InChI=1S/C13H21N3OS/c1-8-6-9(2)15-13(11(8)12(14)18)17-10(3)7-16(4)5/h6,10H,7H2,1-5H3,(H2,14,18). The Bertz CT molecular complexity index is 446. The minimum Gasteiger partial charge on any atom is -0.473 e. The van der Waals surface area contributed by atoms with Gasteiger partial charge in [-0.05, 0) is 46.5 Å². The van der Waals surface area contributed by atoms with Crippen LogP contribution in [0.2, 0.25) is 0 Å². The summed E-state index contributed by atoms with van der Waals surface area (Å²) in [5.41, 5.74) is 8.38. The molecule has 0 saturated heterocycles. The van der Waals surface area contributed by atoms with E-state index in [-0.39, 0.29) is 6.10 Å². The second-order valence-electron chi connectivity index (χ2n) is 4.82. The van der Waals surface area contributed by atoms with Crippen molar-refractivity contribution >= 4 is 17.2 Å². The summed E-state index contributed by atoms with van der Waals surface area (Å²) in [5, 5.41) is 0. The first-order valence-electron chi connectivity index (χ1n) is 5.90. The number of nitrogens with zero attached hydrogens (tertiary/aromatic N) is 2. The van der Waals surface area contributed by atoms with Crippen LogP contribution in [0.25, 0.3) is 0 Å². The predicted molar refractivity (Wildman–Crippen MR) is 78.2 cm³/mol. The molecule has 0 saturated carbocycles. The van der Waals surface area contributed by atoms with E-state index in [1.54, 1.807) is 0 Å². The summed E-state index contributed by atoms with van der Waals surface area (Å²) in [4.78, 5) is 6.78. The van der Waals surface area contributed by atoms with Crippen LogP contribution in [-0.2, 0) is 0 Å². The van der Waals surface area contributed by atoms with E-state index in [1.165, 1.54) is 0 Å². The number of rotatable bonds is 5. The van der Waals surface area contributed by atoms with Crippen LogP contribution in [-0.4, -0.2) is 41.6 Å². The Morgan fingerprint density at radius 1 is 1.50 bits per heavy atom. The number of hydrogen-bond donors (Lipinski definition) is 1. The lowest BCUT2D eigenvalue weighted by molar-refractivity contribution is 0.170. The van der Waals surface area contributed by atoms with Gasteiger partial charge in [0, 0.05) is 12.2 Å². The molecular weight excluding hydrogens is 246 g/mol. The van der Waals surface area contributed by atoms with Crippen molar-refractivity contribution in [3.63, 3.8) is 0 Å². The second kappa shape index (κ2) is 6.11. The zero-order valence-electron chi connectivity index (χ0n) is 11.7. The summed E-state index contributed by atoms with van der Waals surface area (Å²) < 4.78 is 5.86. The van der Waals surface area contributed by atoms with E-state index in [1.807, 2.05) is 40.9 Å². The van der Waals surface area contributed by atoms with Gasteiger partial charge in [-0.15, -0.1) is 0 Å². The Balaban J connectivity index is 3.03. The fourth-order valence-electron chi connectivity index (χ4n) is 1.93. The molecule has 100 valence electrons. The van der Waals surface area contributed by atoms with Crippen LogP contribution in [0.4, 0.5) is 0 Å². The summed E-state index contributed by atoms with van der Waals surface area (Å²) >= 11 is 5.07. The van der Waals surface area contributed by atoms with E-state index in [0.717, 1.165) is 23.4 Å². The van der Waals surface area contributed by atoms with Crippen LogP contribution in [0.5, 0.6) is 5.88 Å². The van der Waals surface area contributed by atoms with Crippen molar-refractivity contribution in [2.45, 2.75) is 26.9 Å². The summed E-state index contributed by atoms with van der Waals surface area (Å²) in [5.74, 6) is 0.536. The van der Waals surface area contributed by atoms with Gasteiger partial charge in [0.2, 0.25) is 5.88 Å². The molecule has 4 nitrogen and oxygen atoms in total. The lowest BCUT2D eigenvalue weighted by Crippen LogP contribution is -2.29. The molecule has 0 amide bonds. The number of ether oxygens (including phenoxy) is 1. The van der Waals surface area contributed by atoms with Gasteiger partial charge in [-0.3, -0.25) is 0 Å². The number of aryl methyl sites for hydroxylation is 2. The maximum Gasteiger partial charge on any atom is 0.224 e. The van der Waals surface area contributed by atoms with Crippen LogP contribution in [0, 0.1) is 13.8 Å². The van der Waals surface area contributed by atoms with Crippen molar-refractivity contribution in [2.24, 2.45) is 5.73 Å². The molecule has 0 fully saturated rings. The van der Waals surface area contributed by atoms with Gasteiger partial charge in [0.05, 0.1) is 5.56 Å². The highest BCUT2D eigenvalue weighted by molar-refractivity contribution is 7.80. The molecule has 1 aromatic rings. The predicted octanol–water partition coefficient (Wildman–Crippen LogP) is 1.66. The quantitative estimate of drug-likeness (QED) is 0.822. The van der Waals surface area contributed by atoms with E-state index < -0.39 is 0 Å². The van der Waals surface area contributed by atoms with Crippen LogP contribution in [0.15, 0.2) is 6.07 Å². The number of likely N-dealkylation sites (N-methyl/N-ethyl adjacent to an activating group) is 1. The third-order valence-corrected chi connectivity index (χ3v) is 2.70. The minimum atomic E-state index is 0.0294. The summed E-state index contributed by atoms with van der Waals surface area (Å²) in [6, 6.07) is 1.96. The molecule has 0 aromatic carbocycles. The van der Waals surface area contributed by atoms with Crippen molar-refractivity contribution in [3.8, 4) is 5.88 Å². The first-order valence-corrected chi connectivity index (χ1v) is 6.31. The van der Waals surface area contributed by atoms with E-state index >= 15 is 0 Å². The lowest BCUT2D eigenvalue weighted by Gasteiger charge is -2.20. The molecule has 0 spiro atoms. The van der Waals surface area contributed by atoms with Crippen LogP contribution < -0.4 is 10.5 Å². The second-order valence-corrected chi connectivity index (χ2v) is 5.26. The molecule has 1 heterocycles. The molecule has 0 aliphatic rings. The van der Waals surface area contributed by atoms with E-state index in [4.69, 9.17) is 22.7 Å². The Kier molecular flexibility index (Phi) is 5.04. The molecule has 0 radical (unpaired) electrons. The van der Waals surface area contributed by atoms with Gasteiger partial charge in [0.25, 0.3) is 0 Å². The van der Waals surface area contributed by atoms with Gasteiger partial charge in [-0.2, -0.15) is 0 Å². The van der Waals surface area contributed by atoms with E-state index in [0.29, 0.717) is 10.9 Å². The van der Waals surface area contributed by atoms with E-state index in [2.05, 4.69) is 9.88 Å². The van der Waals surface area contributed by atoms with Gasteiger partial charge in [-0.25, -0.2) is 4.98 Å². The fraction of sp³-hybridized carbons (Fsp3) is 0.538. The Morgan fingerprint density at radius 2 is 2.11 bits per heavy atom. The highest BCUT2D eigenvalue weighted by Gasteiger charge is 2.15. The van der Waals surface area contributed by atoms with Gasteiger partial charge in [0.15, 0.2) is 0 Å². The molecule has 5 heteroatoms. The van der Waals surface area contributed by atoms with Crippen LogP contribution >= 0.6 is 12.2 Å². The summed E-state index contributed by atoms with van der Waals surface area (Å²) in [7, 11) is 4.01. The zero-order valence-corrected chi connectivity index (χ0v) is 12.5.